The smallest absolute Gasteiger partial charge is 0.257 e. The van der Waals surface area contributed by atoms with Gasteiger partial charge in [0.1, 0.15) is 0 Å². The highest BCUT2D eigenvalue weighted by Crippen LogP contribution is 2.31. The van der Waals surface area contributed by atoms with E-state index in [2.05, 4.69) is 53.8 Å². The topological polar surface area (TPSA) is 56.4 Å². The SMILES string of the molecule is CCN(CC)CCNc1ccc(NC=C2C(=O)Nc3ccccc32)cc1C. The number of fused-ring (bicyclic) bond motifs is 1. The summed E-state index contributed by atoms with van der Waals surface area (Å²) in [7, 11) is 0. The summed E-state index contributed by atoms with van der Waals surface area (Å²) >= 11 is 0. The number of para-hydroxylation sites is 1. The summed E-state index contributed by atoms with van der Waals surface area (Å²) in [4.78, 5) is 14.6. The number of rotatable bonds is 8. The minimum Gasteiger partial charge on any atom is -0.384 e. The summed E-state index contributed by atoms with van der Waals surface area (Å²) in [5.74, 6) is -0.0740. The van der Waals surface area contributed by atoms with E-state index < -0.39 is 0 Å². The Labute approximate surface area is 161 Å². The van der Waals surface area contributed by atoms with E-state index in [1.165, 1.54) is 5.56 Å². The van der Waals surface area contributed by atoms with Gasteiger partial charge in [-0.25, -0.2) is 0 Å². The van der Waals surface area contributed by atoms with E-state index in [0.717, 1.165) is 48.8 Å². The molecule has 0 unspecified atom stereocenters. The quantitative estimate of drug-likeness (QED) is 0.616. The lowest BCUT2D eigenvalue weighted by molar-refractivity contribution is -0.110. The molecule has 27 heavy (non-hydrogen) atoms. The number of aryl methyl sites for hydroxylation is 1. The van der Waals surface area contributed by atoms with Crippen LogP contribution in [0.5, 0.6) is 0 Å². The molecular weight excluding hydrogens is 336 g/mol. The van der Waals surface area contributed by atoms with Gasteiger partial charge in [-0.3, -0.25) is 4.79 Å². The molecular formula is C22H28N4O. The van der Waals surface area contributed by atoms with E-state index in [1.807, 2.05) is 30.3 Å². The zero-order valence-corrected chi connectivity index (χ0v) is 16.3. The Bertz CT molecular complexity index is 840. The minimum atomic E-state index is -0.0740. The van der Waals surface area contributed by atoms with Gasteiger partial charge in [-0.2, -0.15) is 0 Å². The molecule has 2 aromatic rings. The maximum atomic E-state index is 12.2. The molecule has 0 atom stereocenters. The molecule has 0 fully saturated rings. The molecule has 0 saturated carbocycles. The highest BCUT2D eigenvalue weighted by molar-refractivity contribution is 6.31. The second kappa shape index (κ2) is 8.73. The fourth-order valence-electron chi connectivity index (χ4n) is 3.28. The summed E-state index contributed by atoms with van der Waals surface area (Å²) in [5, 5.41) is 9.65. The molecule has 0 bridgehead atoms. The Hall–Kier alpha value is -2.79. The van der Waals surface area contributed by atoms with Crippen LogP contribution in [0.25, 0.3) is 5.57 Å². The van der Waals surface area contributed by atoms with Crippen LogP contribution in [0.2, 0.25) is 0 Å². The van der Waals surface area contributed by atoms with Crippen molar-refractivity contribution in [1.29, 1.82) is 0 Å². The van der Waals surface area contributed by atoms with E-state index in [4.69, 9.17) is 0 Å². The van der Waals surface area contributed by atoms with Crippen molar-refractivity contribution in [1.82, 2.24) is 4.90 Å². The van der Waals surface area contributed by atoms with Gasteiger partial charge in [0.05, 0.1) is 5.57 Å². The Balaban J connectivity index is 1.64. The molecule has 0 spiro atoms. The summed E-state index contributed by atoms with van der Waals surface area (Å²) in [6.07, 6.45) is 1.78. The van der Waals surface area contributed by atoms with Gasteiger partial charge in [0.15, 0.2) is 0 Å². The Morgan fingerprint density at radius 1 is 1.11 bits per heavy atom. The lowest BCUT2D eigenvalue weighted by atomic mass is 10.1. The molecule has 0 radical (unpaired) electrons. The summed E-state index contributed by atoms with van der Waals surface area (Å²) in [6.45, 7) is 10.6. The van der Waals surface area contributed by atoms with Crippen molar-refractivity contribution < 1.29 is 4.79 Å². The lowest BCUT2D eigenvalue weighted by Gasteiger charge is -2.19. The van der Waals surface area contributed by atoms with Crippen LogP contribution in [0.4, 0.5) is 17.1 Å². The van der Waals surface area contributed by atoms with Crippen LogP contribution in [-0.2, 0) is 4.79 Å². The van der Waals surface area contributed by atoms with E-state index in [9.17, 15) is 4.79 Å². The maximum absolute atomic E-state index is 12.2. The average molecular weight is 364 g/mol. The standard InChI is InChI=1S/C22H28N4O/c1-4-26(5-2)13-12-23-20-11-10-17(14-16(20)3)24-15-19-18-8-6-7-9-21(18)25-22(19)27/h6-11,14-15,23-24H,4-5,12-13H2,1-3H3,(H,25,27). The van der Waals surface area contributed by atoms with Crippen molar-refractivity contribution >= 4 is 28.5 Å². The summed E-state index contributed by atoms with van der Waals surface area (Å²) in [5.41, 5.74) is 5.73. The van der Waals surface area contributed by atoms with Gasteiger partial charge in [-0.05, 0) is 49.8 Å². The van der Waals surface area contributed by atoms with Crippen molar-refractivity contribution in [3.63, 3.8) is 0 Å². The first kappa shape index (κ1) is 19.0. The summed E-state index contributed by atoms with van der Waals surface area (Å²) in [6, 6.07) is 13.9. The third-order valence-corrected chi connectivity index (χ3v) is 4.96. The number of amides is 1. The van der Waals surface area contributed by atoms with Crippen molar-refractivity contribution in [2.75, 3.05) is 42.1 Å². The van der Waals surface area contributed by atoms with Crippen LogP contribution in [0.3, 0.4) is 0 Å². The zero-order chi connectivity index (χ0) is 19.2. The van der Waals surface area contributed by atoms with Gasteiger partial charge in [-0.15, -0.1) is 0 Å². The second-order valence-electron chi connectivity index (χ2n) is 6.69. The van der Waals surface area contributed by atoms with Crippen molar-refractivity contribution in [2.45, 2.75) is 20.8 Å². The highest BCUT2D eigenvalue weighted by Gasteiger charge is 2.23. The number of hydrogen-bond donors (Lipinski definition) is 3. The molecule has 0 saturated heterocycles. The predicted octanol–water partition coefficient (Wildman–Crippen LogP) is 4.15. The van der Waals surface area contributed by atoms with Crippen molar-refractivity contribution in [2.24, 2.45) is 0 Å². The number of anilines is 3. The summed E-state index contributed by atoms with van der Waals surface area (Å²) < 4.78 is 0. The van der Waals surface area contributed by atoms with Gasteiger partial charge < -0.3 is 20.9 Å². The molecule has 142 valence electrons. The van der Waals surface area contributed by atoms with Crippen LogP contribution in [0.1, 0.15) is 25.0 Å². The molecule has 3 rings (SSSR count). The second-order valence-corrected chi connectivity index (χ2v) is 6.69. The fourth-order valence-corrected chi connectivity index (χ4v) is 3.28. The van der Waals surface area contributed by atoms with E-state index in [-0.39, 0.29) is 5.91 Å². The lowest BCUT2D eigenvalue weighted by Crippen LogP contribution is -2.28. The number of carbonyl (C=O) groups excluding carboxylic acids is 1. The number of carbonyl (C=O) groups is 1. The normalized spacial score (nSPS) is 14.4. The minimum absolute atomic E-state index is 0.0740. The molecule has 1 heterocycles. The molecule has 2 aromatic carbocycles. The highest BCUT2D eigenvalue weighted by atomic mass is 16.2. The van der Waals surface area contributed by atoms with E-state index >= 15 is 0 Å². The first-order valence-corrected chi connectivity index (χ1v) is 9.56. The molecule has 5 nitrogen and oxygen atoms in total. The Morgan fingerprint density at radius 3 is 2.63 bits per heavy atom. The van der Waals surface area contributed by atoms with Gasteiger partial charge in [0, 0.05) is 41.9 Å². The fraction of sp³-hybridized carbons (Fsp3) is 0.318. The zero-order valence-electron chi connectivity index (χ0n) is 16.3. The first-order chi connectivity index (χ1) is 13.1. The largest absolute Gasteiger partial charge is 0.384 e. The number of likely N-dealkylation sites (N-methyl/N-ethyl adjacent to an activating group) is 1. The van der Waals surface area contributed by atoms with E-state index in [1.54, 1.807) is 6.20 Å². The van der Waals surface area contributed by atoms with Crippen LogP contribution in [-0.4, -0.2) is 37.0 Å². The first-order valence-electron chi connectivity index (χ1n) is 9.56. The van der Waals surface area contributed by atoms with Gasteiger partial charge in [-0.1, -0.05) is 32.0 Å². The number of benzene rings is 2. The third-order valence-electron chi connectivity index (χ3n) is 4.96. The molecule has 5 heteroatoms. The van der Waals surface area contributed by atoms with Crippen LogP contribution < -0.4 is 16.0 Å². The molecule has 3 N–H and O–H groups in total. The predicted molar refractivity (Wildman–Crippen MR) is 114 cm³/mol. The molecule has 0 aliphatic carbocycles. The Morgan fingerprint density at radius 2 is 1.89 bits per heavy atom. The third kappa shape index (κ3) is 4.49. The van der Waals surface area contributed by atoms with Crippen molar-refractivity contribution in [3.05, 3.63) is 59.8 Å². The number of nitrogens with one attached hydrogen (secondary N) is 3. The average Bonchev–Trinajstić information content (AvgIpc) is 3.00. The molecule has 1 aliphatic rings. The van der Waals surface area contributed by atoms with E-state index in [0.29, 0.717) is 5.57 Å². The number of nitrogens with zero attached hydrogens (tertiary/aromatic N) is 1. The van der Waals surface area contributed by atoms with Crippen LogP contribution >= 0.6 is 0 Å². The number of hydrogen-bond acceptors (Lipinski definition) is 4. The molecule has 1 aliphatic heterocycles. The van der Waals surface area contributed by atoms with Crippen molar-refractivity contribution in [3.8, 4) is 0 Å². The molecule has 1 amide bonds. The van der Waals surface area contributed by atoms with Gasteiger partial charge in [0.2, 0.25) is 0 Å². The maximum Gasteiger partial charge on any atom is 0.257 e. The monoisotopic (exact) mass is 364 g/mol. The van der Waals surface area contributed by atoms with Gasteiger partial charge >= 0.3 is 0 Å². The van der Waals surface area contributed by atoms with Gasteiger partial charge in [0.25, 0.3) is 5.91 Å². The van der Waals surface area contributed by atoms with Crippen LogP contribution in [0, 0.1) is 6.92 Å². The van der Waals surface area contributed by atoms with Crippen LogP contribution in [0.15, 0.2) is 48.7 Å². The Kier molecular flexibility index (Phi) is 6.14. The molecule has 0 aromatic heterocycles.